The highest BCUT2D eigenvalue weighted by atomic mass is 35.5. The van der Waals surface area contributed by atoms with Gasteiger partial charge in [0.15, 0.2) is 0 Å². The van der Waals surface area contributed by atoms with Crippen molar-refractivity contribution in [3.63, 3.8) is 0 Å². The number of rotatable bonds is 2. The number of hydrogen-bond donors (Lipinski definition) is 0. The molecule has 1 nitrogen and oxygen atoms in total. The van der Waals surface area contributed by atoms with Gasteiger partial charge in [-0.2, -0.15) is 0 Å². The molecule has 0 unspecified atom stereocenters. The summed E-state index contributed by atoms with van der Waals surface area (Å²) in [4.78, 5) is 11.4. The van der Waals surface area contributed by atoms with Gasteiger partial charge in [-0.05, 0) is 28.8 Å². The van der Waals surface area contributed by atoms with Crippen LogP contribution in [-0.4, -0.2) is 5.24 Å². The summed E-state index contributed by atoms with van der Waals surface area (Å²) >= 11 is 5.48. The lowest BCUT2D eigenvalue weighted by atomic mass is 10.0. The second-order valence-corrected chi connectivity index (χ2v) is 3.16. The molecule has 0 N–H and O–H groups in total. The van der Waals surface area contributed by atoms with E-state index in [0.717, 1.165) is 0 Å². The van der Waals surface area contributed by atoms with Gasteiger partial charge >= 0.3 is 0 Å². The van der Waals surface area contributed by atoms with Crippen molar-refractivity contribution >= 4 is 16.8 Å². The van der Waals surface area contributed by atoms with E-state index in [9.17, 15) is 4.79 Å². The van der Waals surface area contributed by atoms with Crippen molar-refractivity contribution in [1.82, 2.24) is 0 Å². The van der Waals surface area contributed by atoms with Gasteiger partial charge in [-0.15, -0.1) is 0 Å². The van der Waals surface area contributed by atoms with E-state index in [-0.39, 0.29) is 28.8 Å². The highest BCUT2D eigenvalue weighted by Gasteiger charge is 2.08. The first-order valence-electron chi connectivity index (χ1n) is 6.72. The van der Waals surface area contributed by atoms with Crippen LogP contribution in [0.1, 0.15) is 17.2 Å². The molecule has 0 atom stereocenters. The Hall–Kier alpha value is -1.60. The van der Waals surface area contributed by atoms with Gasteiger partial charge in [0.25, 0.3) is 5.24 Å². The number of carbonyl (C=O) groups is 1. The summed E-state index contributed by atoms with van der Waals surface area (Å²) in [6.07, 6.45) is 0. The average Bonchev–Trinajstić information content (AvgIpc) is 2.43. The Bertz CT molecular complexity index is 685. The third-order valence-corrected chi connectivity index (χ3v) is 2.11. The topological polar surface area (TPSA) is 17.1 Å². The smallest absolute Gasteiger partial charge is 0.253 e. The molecule has 0 heterocycles. The maximum atomic E-state index is 11.4. The maximum absolute atomic E-state index is 11.4. The van der Waals surface area contributed by atoms with Crippen LogP contribution in [0.15, 0.2) is 54.5 Å². The summed E-state index contributed by atoms with van der Waals surface area (Å²) in [5.41, 5.74) is 0.304. The van der Waals surface area contributed by atoms with Crippen LogP contribution in [0.4, 0.5) is 0 Å². The zero-order valence-electron chi connectivity index (χ0n) is 12.6. The monoisotopic (exact) mass is 221 g/mol. The van der Waals surface area contributed by atoms with E-state index >= 15 is 0 Å². The Kier molecular flexibility index (Phi) is 1.56. The molecule has 0 radical (unpaired) electrons. The predicted molar refractivity (Wildman–Crippen MR) is 62.1 cm³/mol. The lowest BCUT2D eigenvalue weighted by molar-refractivity contribution is 0.108. The molecule has 0 spiro atoms. The number of carbonyl (C=O) groups excluding carboxylic acids is 1. The first-order chi connectivity index (χ1) is 9.36. The quantitative estimate of drug-likeness (QED) is 0.707. The largest absolute Gasteiger partial charge is 0.276 e. The van der Waals surface area contributed by atoms with Crippen molar-refractivity contribution in [3.05, 3.63) is 60.0 Å². The Morgan fingerprint density at radius 2 is 1.80 bits per heavy atom. The molecule has 0 aliphatic heterocycles. The van der Waals surface area contributed by atoms with Crippen LogP contribution in [0.25, 0.3) is 11.1 Å². The van der Waals surface area contributed by atoms with Crippen molar-refractivity contribution in [3.8, 4) is 11.1 Å². The average molecular weight is 222 g/mol. The second-order valence-electron chi connectivity index (χ2n) is 2.82. The van der Waals surface area contributed by atoms with E-state index in [0.29, 0.717) is 0 Å². The molecule has 2 aromatic rings. The second kappa shape index (κ2) is 4.28. The van der Waals surface area contributed by atoms with Crippen molar-refractivity contribution in [2.45, 2.75) is 0 Å². The van der Waals surface area contributed by atoms with Gasteiger partial charge in [0.05, 0.1) is 6.85 Å². The fourth-order valence-corrected chi connectivity index (χ4v) is 1.42. The van der Waals surface area contributed by atoms with Crippen LogP contribution in [0.3, 0.4) is 0 Å². The van der Waals surface area contributed by atoms with E-state index < -0.39 is 23.4 Å². The van der Waals surface area contributed by atoms with Crippen molar-refractivity contribution in [2.75, 3.05) is 0 Å². The van der Waals surface area contributed by atoms with Gasteiger partial charge in [-0.3, -0.25) is 4.79 Å². The molecule has 0 amide bonds. The van der Waals surface area contributed by atoms with Crippen LogP contribution >= 0.6 is 11.6 Å². The first-order valence-corrected chi connectivity index (χ1v) is 4.60. The Balaban J connectivity index is 2.88. The van der Waals surface area contributed by atoms with E-state index in [1.54, 1.807) is 12.1 Å². The summed E-state index contributed by atoms with van der Waals surface area (Å²) in [5.74, 6) is 0. The van der Waals surface area contributed by atoms with Crippen molar-refractivity contribution in [2.24, 2.45) is 0 Å². The van der Waals surface area contributed by atoms with Crippen LogP contribution in [0.5, 0.6) is 0 Å². The molecule has 2 heteroatoms. The number of halogens is 1. The molecule has 74 valence electrons. The van der Waals surface area contributed by atoms with Gasteiger partial charge < -0.3 is 0 Å². The van der Waals surface area contributed by atoms with E-state index in [1.807, 2.05) is 0 Å². The van der Waals surface area contributed by atoms with Gasteiger partial charge in [-0.1, -0.05) is 48.4 Å². The van der Waals surface area contributed by atoms with Crippen LogP contribution in [-0.2, 0) is 0 Å². The minimum Gasteiger partial charge on any atom is -0.276 e. The zero-order chi connectivity index (χ0) is 15.0. The minimum atomic E-state index is -0.743. The standard InChI is InChI=1S/C13H9ClO/c14-13(15)12-9-5-4-8-11(12)10-6-2-1-3-7-10/h1-9H/i1D,2D,3D,6D,7D. The molecule has 0 bridgehead atoms. The van der Waals surface area contributed by atoms with Crippen LogP contribution in [0.2, 0.25) is 0 Å². The minimum absolute atomic E-state index is 0.0272. The molecular weight excluding hydrogens is 208 g/mol. The molecule has 2 rings (SSSR count). The van der Waals surface area contributed by atoms with Crippen LogP contribution < -0.4 is 0 Å². The molecule has 15 heavy (non-hydrogen) atoms. The van der Waals surface area contributed by atoms with Gasteiger partial charge in [0.1, 0.15) is 0 Å². The Morgan fingerprint density at radius 3 is 2.47 bits per heavy atom. The van der Waals surface area contributed by atoms with Gasteiger partial charge in [0.2, 0.25) is 0 Å². The van der Waals surface area contributed by atoms with E-state index in [4.69, 9.17) is 18.5 Å². The summed E-state index contributed by atoms with van der Waals surface area (Å²) < 4.78 is 38.6. The summed E-state index contributed by atoms with van der Waals surface area (Å²) in [7, 11) is 0. The summed E-state index contributed by atoms with van der Waals surface area (Å²) in [5, 5.41) is -0.743. The summed E-state index contributed by atoms with van der Waals surface area (Å²) in [6, 6.07) is 4.07. The Labute approximate surface area is 100 Å². The summed E-state index contributed by atoms with van der Waals surface area (Å²) in [6.45, 7) is 0. The van der Waals surface area contributed by atoms with E-state index in [1.165, 1.54) is 12.1 Å². The first kappa shape index (κ1) is 5.47. The van der Waals surface area contributed by atoms with E-state index in [2.05, 4.69) is 0 Å². The highest BCUT2D eigenvalue weighted by Crippen LogP contribution is 2.24. The van der Waals surface area contributed by atoms with Crippen molar-refractivity contribution < 1.29 is 11.6 Å². The number of hydrogen-bond acceptors (Lipinski definition) is 1. The predicted octanol–water partition coefficient (Wildman–Crippen LogP) is 3.73. The molecular formula is C13H9ClO. The zero-order valence-corrected chi connectivity index (χ0v) is 8.35. The normalized spacial score (nSPS) is 14.6. The molecule has 0 fully saturated rings. The molecule has 0 aromatic heterocycles. The van der Waals surface area contributed by atoms with Gasteiger partial charge in [0, 0.05) is 5.56 Å². The highest BCUT2D eigenvalue weighted by molar-refractivity contribution is 6.68. The number of benzene rings is 2. The lowest BCUT2D eigenvalue weighted by Crippen LogP contribution is -1.92. The maximum Gasteiger partial charge on any atom is 0.253 e. The molecule has 0 aliphatic rings. The fourth-order valence-electron chi connectivity index (χ4n) is 1.26. The lowest BCUT2D eigenvalue weighted by Gasteiger charge is -2.05. The van der Waals surface area contributed by atoms with Crippen LogP contribution in [0, 0.1) is 0 Å². The SMILES string of the molecule is [2H]c1c([2H])c([2H])c(-c2ccccc2C(=O)Cl)c([2H])c1[2H]. The van der Waals surface area contributed by atoms with Gasteiger partial charge in [-0.25, -0.2) is 0 Å². The molecule has 2 aromatic carbocycles. The fraction of sp³-hybridized carbons (Fsp3) is 0. The third-order valence-electron chi connectivity index (χ3n) is 1.91. The Morgan fingerprint density at radius 1 is 1.13 bits per heavy atom. The molecule has 0 saturated heterocycles. The molecule has 0 saturated carbocycles. The third kappa shape index (κ3) is 2.08. The molecule has 0 aliphatic carbocycles. The van der Waals surface area contributed by atoms with Crippen molar-refractivity contribution in [1.29, 1.82) is 0 Å².